The van der Waals surface area contributed by atoms with Crippen molar-refractivity contribution in [2.75, 3.05) is 6.61 Å². The Morgan fingerprint density at radius 1 is 1.35 bits per heavy atom. The summed E-state index contributed by atoms with van der Waals surface area (Å²) in [6, 6.07) is 9.50. The SMILES string of the molecule is Cn1cnc(-c2ccc(Cc3cc(C(N)=O)c(F)c4c3OCC4)cc2)c1. The molecule has 0 unspecified atom stereocenters. The molecule has 0 fully saturated rings. The molecule has 2 aromatic carbocycles. The highest BCUT2D eigenvalue weighted by Crippen LogP contribution is 2.35. The van der Waals surface area contributed by atoms with Crippen LogP contribution < -0.4 is 10.5 Å². The zero-order valence-corrected chi connectivity index (χ0v) is 14.3. The van der Waals surface area contributed by atoms with Crippen molar-refractivity contribution in [1.29, 1.82) is 0 Å². The number of primary amides is 1. The van der Waals surface area contributed by atoms with E-state index in [2.05, 4.69) is 4.98 Å². The fourth-order valence-electron chi connectivity index (χ4n) is 3.30. The maximum Gasteiger partial charge on any atom is 0.251 e. The summed E-state index contributed by atoms with van der Waals surface area (Å²) in [4.78, 5) is 15.9. The average Bonchev–Trinajstić information content (AvgIpc) is 3.27. The standard InChI is InChI=1S/C20H18FN3O2/c1-24-10-17(23-11-24)13-4-2-12(3-5-13)8-14-9-16(20(22)25)18(21)15-6-7-26-19(14)15/h2-5,9-11H,6-8H2,1H3,(H2,22,25). The van der Waals surface area contributed by atoms with E-state index in [1.807, 2.05) is 42.1 Å². The molecule has 3 aromatic rings. The first kappa shape index (κ1) is 16.3. The quantitative estimate of drug-likeness (QED) is 0.786. The molecule has 1 aliphatic rings. The van der Waals surface area contributed by atoms with Crippen LogP contribution in [0, 0.1) is 5.82 Å². The lowest BCUT2D eigenvalue weighted by molar-refractivity contribution is 0.0996. The number of aryl methyl sites for hydroxylation is 1. The van der Waals surface area contributed by atoms with Crippen LogP contribution in [-0.2, 0) is 19.9 Å². The molecule has 132 valence electrons. The summed E-state index contributed by atoms with van der Waals surface area (Å²) in [6.45, 7) is 0.417. The fourth-order valence-corrected chi connectivity index (χ4v) is 3.30. The van der Waals surface area contributed by atoms with Gasteiger partial charge >= 0.3 is 0 Å². The summed E-state index contributed by atoms with van der Waals surface area (Å²) < 4.78 is 21.9. The van der Waals surface area contributed by atoms with Gasteiger partial charge in [-0.15, -0.1) is 0 Å². The summed E-state index contributed by atoms with van der Waals surface area (Å²) in [5.74, 6) is -0.774. The Bertz CT molecular complexity index is 993. The van der Waals surface area contributed by atoms with Gasteiger partial charge in [-0.2, -0.15) is 0 Å². The van der Waals surface area contributed by atoms with Crippen molar-refractivity contribution in [2.24, 2.45) is 12.8 Å². The number of hydrogen-bond donors (Lipinski definition) is 1. The second-order valence-electron chi connectivity index (χ2n) is 6.47. The van der Waals surface area contributed by atoms with Gasteiger partial charge in [0.2, 0.25) is 0 Å². The molecule has 0 atom stereocenters. The minimum atomic E-state index is -0.760. The first-order chi connectivity index (χ1) is 12.5. The lowest BCUT2D eigenvalue weighted by atomic mass is 9.96. The first-order valence-corrected chi connectivity index (χ1v) is 8.37. The smallest absolute Gasteiger partial charge is 0.251 e. The summed E-state index contributed by atoms with van der Waals surface area (Å²) in [5.41, 5.74) is 9.43. The molecule has 26 heavy (non-hydrogen) atoms. The minimum Gasteiger partial charge on any atom is -0.493 e. The fraction of sp³-hybridized carbons (Fsp3) is 0.200. The number of amides is 1. The van der Waals surface area contributed by atoms with Crippen LogP contribution in [0.15, 0.2) is 42.9 Å². The van der Waals surface area contributed by atoms with Crippen LogP contribution in [0.3, 0.4) is 0 Å². The maximum atomic E-state index is 14.4. The van der Waals surface area contributed by atoms with E-state index in [4.69, 9.17) is 10.5 Å². The van der Waals surface area contributed by atoms with Crippen molar-refractivity contribution in [1.82, 2.24) is 9.55 Å². The van der Waals surface area contributed by atoms with Gasteiger partial charge in [0.05, 0.1) is 24.2 Å². The number of rotatable bonds is 4. The number of halogens is 1. The molecule has 1 aromatic heterocycles. The van der Waals surface area contributed by atoms with E-state index in [1.165, 1.54) is 6.07 Å². The van der Waals surface area contributed by atoms with E-state index in [1.54, 1.807) is 6.33 Å². The lowest BCUT2D eigenvalue weighted by Gasteiger charge is -2.12. The summed E-state index contributed by atoms with van der Waals surface area (Å²) >= 11 is 0. The van der Waals surface area contributed by atoms with Crippen LogP contribution in [0.5, 0.6) is 5.75 Å². The molecule has 0 radical (unpaired) electrons. The zero-order chi connectivity index (χ0) is 18.3. The molecule has 0 spiro atoms. The molecule has 0 bridgehead atoms. The van der Waals surface area contributed by atoms with Crippen molar-refractivity contribution in [3.63, 3.8) is 0 Å². The Hall–Kier alpha value is -3.15. The molecule has 5 nitrogen and oxygen atoms in total. The Balaban J connectivity index is 1.66. The third-order valence-electron chi connectivity index (χ3n) is 4.60. The van der Waals surface area contributed by atoms with Gasteiger partial charge in [-0.3, -0.25) is 4.79 Å². The zero-order valence-electron chi connectivity index (χ0n) is 14.3. The molecule has 0 saturated carbocycles. The molecule has 0 aliphatic carbocycles. The van der Waals surface area contributed by atoms with Crippen molar-refractivity contribution in [2.45, 2.75) is 12.8 Å². The monoisotopic (exact) mass is 351 g/mol. The molecule has 1 amide bonds. The number of hydrogen-bond acceptors (Lipinski definition) is 3. The highest BCUT2D eigenvalue weighted by Gasteiger charge is 2.25. The van der Waals surface area contributed by atoms with E-state index in [-0.39, 0.29) is 5.56 Å². The van der Waals surface area contributed by atoms with Crippen LogP contribution in [0.2, 0.25) is 0 Å². The maximum absolute atomic E-state index is 14.4. The van der Waals surface area contributed by atoms with Crippen LogP contribution >= 0.6 is 0 Å². The highest BCUT2D eigenvalue weighted by atomic mass is 19.1. The Morgan fingerprint density at radius 3 is 2.77 bits per heavy atom. The van der Waals surface area contributed by atoms with Gasteiger partial charge in [-0.05, 0) is 17.2 Å². The van der Waals surface area contributed by atoms with Gasteiger partial charge in [-0.25, -0.2) is 9.37 Å². The molecule has 4 rings (SSSR count). The minimum absolute atomic E-state index is 0.0747. The van der Waals surface area contributed by atoms with E-state index >= 15 is 0 Å². The number of imidazole rings is 1. The Labute approximate surface area is 150 Å². The molecule has 2 heterocycles. The van der Waals surface area contributed by atoms with Crippen LogP contribution in [-0.4, -0.2) is 22.1 Å². The number of nitrogens with zero attached hydrogens (tertiary/aromatic N) is 2. The number of fused-ring (bicyclic) bond motifs is 1. The highest BCUT2D eigenvalue weighted by molar-refractivity contribution is 5.94. The number of carbonyl (C=O) groups is 1. The largest absolute Gasteiger partial charge is 0.493 e. The third-order valence-corrected chi connectivity index (χ3v) is 4.60. The van der Waals surface area contributed by atoms with Crippen LogP contribution in [0.25, 0.3) is 11.3 Å². The summed E-state index contributed by atoms with van der Waals surface area (Å²) in [5, 5.41) is 0. The van der Waals surface area contributed by atoms with Crippen LogP contribution in [0.1, 0.15) is 27.0 Å². The van der Waals surface area contributed by atoms with Crippen molar-refractivity contribution >= 4 is 5.91 Å². The van der Waals surface area contributed by atoms with Crippen LogP contribution in [0.4, 0.5) is 4.39 Å². The third kappa shape index (κ3) is 2.83. The number of benzene rings is 2. The van der Waals surface area contributed by atoms with Gasteiger partial charge in [0, 0.05) is 37.2 Å². The van der Waals surface area contributed by atoms with E-state index in [9.17, 15) is 9.18 Å². The van der Waals surface area contributed by atoms with Crippen molar-refractivity contribution in [3.05, 3.63) is 70.9 Å². The molecule has 0 saturated heterocycles. The van der Waals surface area contributed by atoms with E-state index in [0.29, 0.717) is 30.8 Å². The van der Waals surface area contributed by atoms with Gasteiger partial charge < -0.3 is 15.0 Å². The topological polar surface area (TPSA) is 70.1 Å². The normalized spacial score (nSPS) is 12.7. The average molecular weight is 351 g/mol. The molecular formula is C20H18FN3O2. The van der Waals surface area contributed by atoms with E-state index < -0.39 is 11.7 Å². The van der Waals surface area contributed by atoms with E-state index in [0.717, 1.165) is 22.4 Å². The first-order valence-electron chi connectivity index (χ1n) is 8.37. The Morgan fingerprint density at radius 2 is 2.12 bits per heavy atom. The number of nitrogens with two attached hydrogens (primary N) is 1. The van der Waals surface area contributed by atoms with Gasteiger partial charge in [0.15, 0.2) is 0 Å². The predicted octanol–water partition coefficient (Wildman–Crippen LogP) is 2.85. The second kappa shape index (κ2) is 6.29. The van der Waals surface area contributed by atoms with Gasteiger partial charge in [0.25, 0.3) is 5.91 Å². The summed E-state index contributed by atoms with van der Waals surface area (Å²) in [7, 11) is 1.93. The molecule has 1 aliphatic heterocycles. The molecular weight excluding hydrogens is 333 g/mol. The lowest BCUT2D eigenvalue weighted by Crippen LogP contribution is -2.15. The van der Waals surface area contributed by atoms with Crippen molar-refractivity contribution in [3.8, 4) is 17.0 Å². The number of carbonyl (C=O) groups excluding carboxylic acids is 1. The van der Waals surface area contributed by atoms with Gasteiger partial charge in [0.1, 0.15) is 11.6 Å². The van der Waals surface area contributed by atoms with Crippen molar-refractivity contribution < 1.29 is 13.9 Å². The Kier molecular flexibility index (Phi) is 3.95. The number of aromatic nitrogens is 2. The molecule has 6 heteroatoms. The second-order valence-corrected chi connectivity index (χ2v) is 6.47. The molecule has 2 N–H and O–H groups in total. The predicted molar refractivity (Wildman–Crippen MR) is 95.6 cm³/mol. The van der Waals surface area contributed by atoms with Gasteiger partial charge in [-0.1, -0.05) is 24.3 Å². The summed E-state index contributed by atoms with van der Waals surface area (Å²) in [6.07, 6.45) is 4.70. The number of ether oxygens (including phenoxy) is 1.